The van der Waals surface area contributed by atoms with Gasteiger partial charge in [-0.3, -0.25) is 4.79 Å². The smallest absolute Gasteiger partial charge is 0.222 e. The number of amides is 1. The molecule has 2 aliphatic rings. The molecule has 3 unspecified atom stereocenters. The quantitative estimate of drug-likeness (QED) is 0.788. The largest absolute Gasteiger partial charge is 0.375 e. The van der Waals surface area contributed by atoms with Gasteiger partial charge in [0.2, 0.25) is 5.91 Å². The molecule has 104 valence electrons. The van der Waals surface area contributed by atoms with Gasteiger partial charge in [-0.2, -0.15) is 11.8 Å². The second kappa shape index (κ2) is 7.36. The highest BCUT2D eigenvalue weighted by atomic mass is 32.2. The van der Waals surface area contributed by atoms with Crippen LogP contribution >= 0.6 is 11.8 Å². The lowest BCUT2D eigenvalue weighted by Gasteiger charge is -2.23. The Balaban J connectivity index is 1.65. The Morgan fingerprint density at radius 2 is 2.39 bits per heavy atom. The summed E-state index contributed by atoms with van der Waals surface area (Å²) in [5.74, 6) is 1.32. The van der Waals surface area contributed by atoms with Gasteiger partial charge in [0.1, 0.15) is 0 Å². The summed E-state index contributed by atoms with van der Waals surface area (Å²) >= 11 is 2.02. The van der Waals surface area contributed by atoms with Crippen LogP contribution in [0, 0.1) is 0 Å². The van der Waals surface area contributed by atoms with Gasteiger partial charge in [0.15, 0.2) is 0 Å². The molecular weight excluding hydrogens is 248 g/mol. The zero-order valence-electron chi connectivity index (χ0n) is 11.1. The summed E-state index contributed by atoms with van der Waals surface area (Å²) in [5, 5.41) is 7.15. The Labute approximate surface area is 114 Å². The number of rotatable bonds is 5. The highest BCUT2D eigenvalue weighted by molar-refractivity contribution is 7.99. The van der Waals surface area contributed by atoms with E-state index in [0.717, 1.165) is 37.8 Å². The first kappa shape index (κ1) is 14.2. The van der Waals surface area contributed by atoms with E-state index in [-0.39, 0.29) is 12.0 Å². The van der Waals surface area contributed by atoms with Crippen molar-refractivity contribution in [2.45, 2.75) is 50.0 Å². The molecule has 0 spiro atoms. The van der Waals surface area contributed by atoms with Crippen LogP contribution < -0.4 is 10.6 Å². The SMILES string of the molecule is CCSC1CCC(NC(=O)CC2CNCCO2)C1. The number of morpholine rings is 1. The van der Waals surface area contributed by atoms with E-state index in [2.05, 4.69) is 17.6 Å². The second-order valence-corrected chi connectivity index (χ2v) is 6.63. The number of hydrogen-bond donors (Lipinski definition) is 2. The van der Waals surface area contributed by atoms with Gasteiger partial charge in [-0.05, 0) is 25.0 Å². The molecule has 4 nitrogen and oxygen atoms in total. The van der Waals surface area contributed by atoms with Gasteiger partial charge in [-0.25, -0.2) is 0 Å². The van der Waals surface area contributed by atoms with Gasteiger partial charge in [0.05, 0.1) is 19.1 Å². The molecule has 2 rings (SSSR count). The Morgan fingerprint density at radius 1 is 1.50 bits per heavy atom. The molecule has 2 N–H and O–H groups in total. The van der Waals surface area contributed by atoms with Gasteiger partial charge in [0.25, 0.3) is 0 Å². The van der Waals surface area contributed by atoms with Crippen molar-refractivity contribution in [1.29, 1.82) is 0 Å². The zero-order valence-corrected chi connectivity index (χ0v) is 11.9. The standard InChI is InChI=1S/C13H24N2O2S/c1-2-18-12-4-3-10(7-12)15-13(16)8-11-9-14-5-6-17-11/h10-12,14H,2-9H2,1H3,(H,15,16). The van der Waals surface area contributed by atoms with Gasteiger partial charge >= 0.3 is 0 Å². The van der Waals surface area contributed by atoms with Crippen molar-refractivity contribution in [3.05, 3.63) is 0 Å². The molecule has 0 aromatic rings. The van der Waals surface area contributed by atoms with E-state index in [4.69, 9.17) is 4.74 Å². The van der Waals surface area contributed by atoms with Gasteiger partial charge in [-0.1, -0.05) is 6.92 Å². The van der Waals surface area contributed by atoms with Crippen molar-refractivity contribution in [2.24, 2.45) is 0 Å². The minimum Gasteiger partial charge on any atom is -0.375 e. The summed E-state index contributed by atoms with van der Waals surface area (Å²) in [5.41, 5.74) is 0. The highest BCUT2D eigenvalue weighted by Crippen LogP contribution is 2.29. The maximum absolute atomic E-state index is 11.9. The van der Waals surface area contributed by atoms with Crippen molar-refractivity contribution in [2.75, 3.05) is 25.4 Å². The lowest BCUT2D eigenvalue weighted by atomic mass is 10.2. The highest BCUT2D eigenvalue weighted by Gasteiger charge is 2.26. The second-order valence-electron chi connectivity index (χ2n) is 5.06. The molecule has 1 aliphatic heterocycles. The molecular formula is C13H24N2O2S. The van der Waals surface area contributed by atoms with Crippen LogP contribution in [0.4, 0.5) is 0 Å². The summed E-state index contributed by atoms with van der Waals surface area (Å²) < 4.78 is 5.55. The summed E-state index contributed by atoms with van der Waals surface area (Å²) in [4.78, 5) is 11.9. The number of carbonyl (C=O) groups excluding carboxylic acids is 1. The van der Waals surface area contributed by atoms with Crippen LogP contribution in [0.5, 0.6) is 0 Å². The third-order valence-corrected chi connectivity index (χ3v) is 4.80. The molecule has 18 heavy (non-hydrogen) atoms. The first-order valence-corrected chi connectivity index (χ1v) is 8.06. The van der Waals surface area contributed by atoms with Crippen LogP contribution in [-0.4, -0.2) is 48.8 Å². The predicted molar refractivity (Wildman–Crippen MR) is 74.9 cm³/mol. The van der Waals surface area contributed by atoms with E-state index in [9.17, 15) is 4.79 Å². The summed E-state index contributed by atoms with van der Waals surface area (Å²) in [6, 6.07) is 0.387. The third kappa shape index (κ3) is 4.44. The van der Waals surface area contributed by atoms with Crippen molar-refractivity contribution < 1.29 is 9.53 Å². The Kier molecular flexibility index (Phi) is 5.79. The lowest BCUT2D eigenvalue weighted by molar-refractivity contribution is -0.125. The van der Waals surface area contributed by atoms with Crippen LogP contribution in [0.25, 0.3) is 0 Å². The minimum atomic E-state index is 0.0565. The Morgan fingerprint density at radius 3 is 3.11 bits per heavy atom. The zero-order chi connectivity index (χ0) is 12.8. The van der Waals surface area contributed by atoms with Gasteiger partial charge < -0.3 is 15.4 Å². The Hall–Kier alpha value is -0.260. The fourth-order valence-corrected chi connectivity index (χ4v) is 3.85. The van der Waals surface area contributed by atoms with Crippen molar-refractivity contribution in [3.8, 4) is 0 Å². The van der Waals surface area contributed by atoms with Crippen molar-refractivity contribution in [3.63, 3.8) is 0 Å². The van der Waals surface area contributed by atoms with Gasteiger partial charge in [0, 0.05) is 24.4 Å². The first-order valence-electron chi connectivity index (χ1n) is 7.01. The third-order valence-electron chi connectivity index (χ3n) is 3.57. The summed E-state index contributed by atoms with van der Waals surface area (Å²) in [7, 11) is 0. The molecule has 0 aromatic heterocycles. The maximum atomic E-state index is 11.9. The summed E-state index contributed by atoms with van der Waals surface area (Å²) in [6.45, 7) is 4.61. The minimum absolute atomic E-state index is 0.0565. The fraction of sp³-hybridized carbons (Fsp3) is 0.923. The van der Waals surface area contributed by atoms with Crippen LogP contribution in [-0.2, 0) is 9.53 Å². The molecule has 2 fully saturated rings. The molecule has 0 bridgehead atoms. The fourth-order valence-electron chi connectivity index (χ4n) is 2.70. The normalized spacial score (nSPS) is 32.4. The van der Waals surface area contributed by atoms with E-state index in [0.29, 0.717) is 12.5 Å². The molecule has 0 radical (unpaired) electrons. The topological polar surface area (TPSA) is 50.4 Å². The van der Waals surface area contributed by atoms with E-state index < -0.39 is 0 Å². The average Bonchev–Trinajstić information content (AvgIpc) is 2.78. The number of nitrogens with one attached hydrogen (secondary N) is 2. The summed E-state index contributed by atoms with van der Waals surface area (Å²) in [6.07, 6.45) is 4.06. The number of hydrogen-bond acceptors (Lipinski definition) is 4. The van der Waals surface area contributed by atoms with Crippen molar-refractivity contribution in [1.82, 2.24) is 10.6 Å². The molecule has 1 heterocycles. The van der Waals surface area contributed by atoms with Crippen LogP contribution in [0.2, 0.25) is 0 Å². The maximum Gasteiger partial charge on any atom is 0.222 e. The molecule has 0 aromatic carbocycles. The molecule has 5 heteroatoms. The molecule has 1 aliphatic carbocycles. The molecule has 1 saturated heterocycles. The number of thioether (sulfide) groups is 1. The van der Waals surface area contributed by atoms with Crippen LogP contribution in [0.15, 0.2) is 0 Å². The molecule has 1 saturated carbocycles. The van der Waals surface area contributed by atoms with E-state index in [1.165, 1.54) is 12.2 Å². The molecule has 1 amide bonds. The monoisotopic (exact) mass is 272 g/mol. The number of carbonyl (C=O) groups is 1. The van der Waals surface area contributed by atoms with Gasteiger partial charge in [-0.15, -0.1) is 0 Å². The Bertz CT molecular complexity index is 270. The van der Waals surface area contributed by atoms with Crippen LogP contribution in [0.1, 0.15) is 32.6 Å². The van der Waals surface area contributed by atoms with Crippen LogP contribution in [0.3, 0.4) is 0 Å². The lowest BCUT2D eigenvalue weighted by Crippen LogP contribution is -2.43. The van der Waals surface area contributed by atoms with E-state index in [1.54, 1.807) is 0 Å². The van der Waals surface area contributed by atoms with E-state index >= 15 is 0 Å². The molecule has 3 atom stereocenters. The number of ether oxygens (including phenoxy) is 1. The first-order chi connectivity index (χ1) is 8.78. The van der Waals surface area contributed by atoms with E-state index in [1.807, 2.05) is 11.8 Å². The predicted octanol–water partition coefficient (Wildman–Crippen LogP) is 1.16. The van der Waals surface area contributed by atoms with Crippen molar-refractivity contribution >= 4 is 17.7 Å². The average molecular weight is 272 g/mol.